The van der Waals surface area contributed by atoms with Gasteiger partial charge in [-0.25, -0.2) is 9.48 Å². The molecule has 2 aliphatic rings. The van der Waals surface area contributed by atoms with Crippen LogP contribution in [-0.2, 0) is 20.0 Å². The van der Waals surface area contributed by atoms with Gasteiger partial charge in [-0.1, -0.05) is 0 Å². The Labute approximate surface area is 156 Å². The van der Waals surface area contributed by atoms with Gasteiger partial charge in [-0.2, -0.15) is 5.10 Å². The van der Waals surface area contributed by atoms with Gasteiger partial charge in [0.1, 0.15) is 17.8 Å². The van der Waals surface area contributed by atoms with Gasteiger partial charge < -0.3 is 9.32 Å². The molecule has 0 spiro atoms. The third-order valence-corrected chi connectivity index (χ3v) is 5.61. The van der Waals surface area contributed by atoms with Gasteiger partial charge in [0.05, 0.1) is 11.1 Å². The Balaban J connectivity index is 1.60. The van der Waals surface area contributed by atoms with E-state index in [2.05, 4.69) is 5.10 Å². The van der Waals surface area contributed by atoms with Crippen molar-refractivity contribution in [3.8, 4) is 0 Å². The van der Waals surface area contributed by atoms with Crippen LogP contribution in [-0.4, -0.2) is 44.0 Å². The molecule has 1 aliphatic heterocycles. The molecule has 1 saturated heterocycles. The molecule has 2 aromatic rings. The fourth-order valence-electron chi connectivity index (χ4n) is 4.24. The van der Waals surface area contributed by atoms with Crippen LogP contribution in [0.3, 0.4) is 0 Å². The van der Waals surface area contributed by atoms with Crippen molar-refractivity contribution >= 4 is 11.7 Å². The maximum absolute atomic E-state index is 13.1. The quantitative estimate of drug-likeness (QED) is 0.818. The van der Waals surface area contributed by atoms with Crippen molar-refractivity contribution in [3.63, 3.8) is 0 Å². The Morgan fingerprint density at radius 3 is 2.89 bits per heavy atom. The second kappa shape index (κ2) is 6.83. The van der Waals surface area contributed by atoms with Crippen LogP contribution in [0.15, 0.2) is 15.5 Å². The highest BCUT2D eigenvalue weighted by Gasteiger charge is 2.33. The SMILES string of the molecule is CCn1c([C@@H]2CCCN(C(=O)c3coc4c3C(=O)CCC4)C2)nn(C)c1=O. The summed E-state index contributed by atoms with van der Waals surface area (Å²) < 4.78 is 8.53. The number of aryl methyl sites for hydroxylation is 2. The fourth-order valence-corrected chi connectivity index (χ4v) is 4.24. The number of carbonyl (C=O) groups excluding carboxylic acids is 2. The van der Waals surface area contributed by atoms with Crippen molar-refractivity contribution in [2.45, 2.75) is 51.5 Å². The number of aromatic nitrogens is 3. The number of carbonyl (C=O) groups is 2. The van der Waals surface area contributed by atoms with Gasteiger partial charge >= 0.3 is 5.69 Å². The fraction of sp³-hybridized carbons (Fsp3) is 0.579. The van der Waals surface area contributed by atoms with Gasteiger partial charge in [0.2, 0.25) is 0 Å². The largest absolute Gasteiger partial charge is 0.468 e. The number of Topliss-reactive ketones (excluding diaryl/α,β-unsaturated/α-hetero) is 1. The molecule has 3 heterocycles. The Morgan fingerprint density at radius 1 is 1.30 bits per heavy atom. The average molecular weight is 372 g/mol. The number of fused-ring (bicyclic) bond motifs is 1. The second-order valence-electron chi connectivity index (χ2n) is 7.32. The van der Waals surface area contributed by atoms with Crippen molar-refractivity contribution in [2.75, 3.05) is 13.1 Å². The monoisotopic (exact) mass is 372 g/mol. The van der Waals surface area contributed by atoms with Gasteiger partial charge in [-0.15, -0.1) is 0 Å². The van der Waals surface area contributed by atoms with Crippen molar-refractivity contribution in [3.05, 3.63) is 39.5 Å². The van der Waals surface area contributed by atoms with Crippen LogP contribution >= 0.6 is 0 Å². The summed E-state index contributed by atoms with van der Waals surface area (Å²) in [5.74, 6) is 1.20. The molecule has 1 fully saturated rings. The van der Waals surface area contributed by atoms with E-state index in [4.69, 9.17) is 4.42 Å². The van der Waals surface area contributed by atoms with Crippen LogP contribution in [0.5, 0.6) is 0 Å². The molecule has 4 rings (SSSR count). The number of nitrogens with zero attached hydrogens (tertiary/aromatic N) is 4. The zero-order valence-corrected chi connectivity index (χ0v) is 15.7. The first kappa shape index (κ1) is 17.8. The normalized spacial score (nSPS) is 20.0. The van der Waals surface area contributed by atoms with Crippen LogP contribution in [0.2, 0.25) is 0 Å². The molecule has 0 saturated carbocycles. The first-order valence-electron chi connectivity index (χ1n) is 9.57. The molecular weight excluding hydrogens is 348 g/mol. The van der Waals surface area contributed by atoms with E-state index in [0.29, 0.717) is 49.4 Å². The topological polar surface area (TPSA) is 90.3 Å². The lowest BCUT2D eigenvalue weighted by atomic mass is 9.92. The lowest BCUT2D eigenvalue weighted by Gasteiger charge is -2.32. The first-order valence-corrected chi connectivity index (χ1v) is 9.57. The Kier molecular flexibility index (Phi) is 4.49. The molecule has 8 nitrogen and oxygen atoms in total. The zero-order chi connectivity index (χ0) is 19.1. The van der Waals surface area contributed by atoms with E-state index in [1.165, 1.54) is 10.9 Å². The number of hydrogen-bond donors (Lipinski definition) is 0. The summed E-state index contributed by atoms with van der Waals surface area (Å²) in [7, 11) is 1.65. The van der Waals surface area contributed by atoms with Crippen molar-refractivity contribution in [2.24, 2.45) is 7.05 Å². The number of ketones is 1. The summed E-state index contributed by atoms with van der Waals surface area (Å²) in [5, 5.41) is 4.40. The van der Waals surface area contributed by atoms with Gasteiger partial charge in [0.15, 0.2) is 5.78 Å². The van der Waals surface area contributed by atoms with Gasteiger partial charge in [-0.3, -0.25) is 14.2 Å². The molecule has 1 aliphatic carbocycles. The third-order valence-electron chi connectivity index (χ3n) is 5.61. The minimum Gasteiger partial charge on any atom is -0.468 e. The van der Waals surface area contributed by atoms with Crippen molar-refractivity contribution in [1.82, 2.24) is 19.2 Å². The summed E-state index contributed by atoms with van der Waals surface area (Å²) in [6, 6.07) is 0. The van der Waals surface area contributed by atoms with E-state index in [1.54, 1.807) is 16.5 Å². The number of hydrogen-bond acceptors (Lipinski definition) is 5. The minimum absolute atomic E-state index is 0.00791. The van der Waals surface area contributed by atoms with Gasteiger partial charge in [0, 0.05) is 45.4 Å². The minimum atomic E-state index is -0.165. The summed E-state index contributed by atoms with van der Waals surface area (Å²) in [6.07, 6.45) is 5.08. The van der Waals surface area contributed by atoms with E-state index in [1.807, 2.05) is 6.92 Å². The smallest absolute Gasteiger partial charge is 0.345 e. The van der Waals surface area contributed by atoms with E-state index in [9.17, 15) is 14.4 Å². The molecule has 27 heavy (non-hydrogen) atoms. The molecule has 8 heteroatoms. The van der Waals surface area contributed by atoms with Crippen LogP contribution in [0, 0.1) is 0 Å². The molecule has 144 valence electrons. The number of amides is 1. The van der Waals surface area contributed by atoms with E-state index in [0.717, 1.165) is 25.1 Å². The standard InChI is InChI=1S/C19H24N4O4/c1-3-23-17(20-21(2)19(23)26)12-6-5-9-22(10-12)18(25)13-11-27-15-8-4-7-14(24)16(13)15/h11-12H,3-10H2,1-2H3/t12-/m1/s1. The van der Waals surface area contributed by atoms with Crippen LogP contribution in [0.25, 0.3) is 0 Å². The highest BCUT2D eigenvalue weighted by atomic mass is 16.3. The maximum Gasteiger partial charge on any atom is 0.345 e. The molecular formula is C19H24N4O4. The average Bonchev–Trinajstić information content (AvgIpc) is 3.24. The summed E-state index contributed by atoms with van der Waals surface area (Å²) >= 11 is 0. The lowest BCUT2D eigenvalue weighted by Crippen LogP contribution is -2.40. The molecule has 0 unspecified atom stereocenters. The summed E-state index contributed by atoms with van der Waals surface area (Å²) in [5.41, 5.74) is 0.714. The summed E-state index contributed by atoms with van der Waals surface area (Å²) in [6.45, 7) is 3.59. The van der Waals surface area contributed by atoms with Gasteiger partial charge in [0.25, 0.3) is 5.91 Å². The number of rotatable bonds is 3. The predicted octanol–water partition coefficient (Wildman–Crippen LogP) is 1.73. The molecule has 0 aromatic carbocycles. The zero-order valence-electron chi connectivity index (χ0n) is 15.7. The molecule has 1 atom stereocenters. The van der Waals surface area contributed by atoms with E-state index < -0.39 is 0 Å². The second-order valence-corrected chi connectivity index (χ2v) is 7.32. The Hall–Kier alpha value is -2.64. The summed E-state index contributed by atoms with van der Waals surface area (Å²) in [4.78, 5) is 39.3. The predicted molar refractivity (Wildman–Crippen MR) is 97.0 cm³/mol. The van der Waals surface area contributed by atoms with Gasteiger partial charge in [-0.05, 0) is 26.2 Å². The van der Waals surface area contributed by atoms with Crippen LogP contribution in [0.4, 0.5) is 0 Å². The Bertz CT molecular complexity index is 952. The Morgan fingerprint density at radius 2 is 2.11 bits per heavy atom. The highest BCUT2D eigenvalue weighted by molar-refractivity contribution is 6.09. The number of likely N-dealkylation sites (tertiary alicyclic amines) is 1. The molecule has 1 amide bonds. The van der Waals surface area contributed by atoms with E-state index in [-0.39, 0.29) is 23.3 Å². The first-order chi connectivity index (χ1) is 13.0. The molecule has 2 aromatic heterocycles. The van der Waals surface area contributed by atoms with Crippen molar-refractivity contribution < 1.29 is 14.0 Å². The van der Waals surface area contributed by atoms with Crippen LogP contribution < -0.4 is 5.69 Å². The molecule has 0 bridgehead atoms. The highest BCUT2D eigenvalue weighted by Crippen LogP contribution is 2.30. The molecule has 0 N–H and O–H groups in total. The lowest BCUT2D eigenvalue weighted by molar-refractivity contribution is 0.0698. The maximum atomic E-state index is 13.1. The van der Waals surface area contributed by atoms with Crippen LogP contribution in [0.1, 0.15) is 70.8 Å². The third kappa shape index (κ3) is 2.93. The number of piperidine rings is 1. The van der Waals surface area contributed by atoms with Crippen molar-refractivity contribution in [1.29, 1.82) is 0 Å². The molecule has 0 radical (unpaired) electrons. The van der Waals surface area contributed by atoms with E-state index >= 15 is 0 Å². The number of furan rings is 1.